The van der Waals surface area contributed by atoms with E-state index in [0.717, 1.165) is 5.56 Å². The van der Waals surface area contributed by atoms with Gasteiger partial charge in [-0.15, -0.1) is 0 Å². The van der Waals surface area contributed by atoms with Crippen LogP contribution in [0.2, 0.25) is 0 Å². The Balaban J connectivity index is 2.85. The lowest BCUT2D eigenvalue weighted by atomic mass is 9.85. The van der Waals surface area contributed by atoms with Crippen LogP contribution in [0.25, 0.3) is 0 Å². The molecule has 0 fully saturated rings. The molecule has 1 rings (SSSR count). The number of aromatic hydroxyl groups is 1. The zero-order chi connectivity index (χ0) is 16.9. The van der Waals surface area contributed by atoms with E-state index in [0.29, 0.717) is 13.0 Å². The quantitative estimate of drug-likeness (QED) is 0.364. The Morgan fingerprint density at radius 1 is 1.23 bits per heavy atom. The molecule has 0 radical (unpaired) electrons. The normalized spacial score (nSPS) is 11.3. The maximum absolute atomic E-state index is 12.3. The van der Waals surface area contributed by atoms with Crippen LogP contribution in [0, 0.1) is 0 Å². The highest BCUT2D eigenvalue weighted by Gasteiger charge is 2.21. The van der Waals surface area contributed by atoms with E-state index in [1.54, 1.807) is 19.1 Å². The van der Waals surface area contributed by atoms with Crippen LogP contribution < -0.4 is 5.73 Å². The monoisotopic (exact) mass is 307 g/mol. The summed E-state index contributed by atoms with van der Waals surface area (Å²) in [4.78, 5) is 23.5. The smallest absolute Gasteiger partial charge is 0.305 e. The second-order valence-electron chi connectivity index (χ2n) is 6.29. The number of nitrogens with two attached hydrogens (primary N) is 1. The second-order valence-corrected chi connectivity index (χ2v) is 6.29. The third-order valence-corrected chi connectivity index (χ3v) is 3.40. The first-order valence-corrected chi connectivity index (χ1v) is 7.48. The molecule has 0 spiro atoms. The van der Waals surface area contributed by atoms with Crippen molar-refractivity contribution < 1.29 is 19.4 Å². The van der Waals surface area contributed by atoms with Gasteiger partial charge >= 0.3 is 5.97 Å². The molecule has 0 aliphatic rings. The van der Waals surface area contributed by atoms with Gasteiger partial charge < -0.3 is 15.6 Å². The van der Waals surface area contributed by atoms with Crippen molar-refractivity contribution in [2.24, 2.45) is 0 Å². The lowest BCUT2D eigenvalue weighted by Crippen LogP contribution is -2.14. The fraction of sp³-hybridized carbons (Fsp3) is 0.529. The lowest BCUT2D eigenvalue weighted by molar-refractivity contribution is -0.143. The Morgan fingerprint density at radius 2 is 1.86 bits per heavy atom. The van der Waals surface area contributed by atoms with Crippen LogP contribution in [0.3, 0.4) is 0 Å². The molecule has 1 aromatic rings. The summed E-state index contributed by atoms with van der Waals surface area (Å²) in [6.45, 7) is 8.09. The highest BCUT2D eigenvalue weighted by molar-refractivity contribution is 6.00. The molecule has 22 heavy (non-hydrogen) atoms. The van der Waals surface area contributed by atoms with Crippen LogP contribution in [0.15, 0.2) is 12.1 Å². The number of nitrogen functional groups attached to an aromatic ring is 1. The topological polar surface area (TPSA) is 89.6 Å². The molecule has 122 valence electrons. The van der Waals surface area contributed by atoms with Crippen molar-refractivity contribution in [3.05, 3.63) is 23.3 Å². The maximum atomic E-state index is 12.3. The van der Waals surface area contributed by atoms with E-state index in [9.17, 15) is 14.7 Å². The summed E-state index contributed by atoms with van der Waals surface area (Å²) in [6, 6.07) is 3.36. The molecular weight excluding hydrogens is 282 g/mol. The summed E-state index contributed by atoms with van der Waals surface area (Å²) < 4.78 is 4.82. The Morgan fingerprint density at radius 3 is 2.41 bits per heavy atom. The predicted molar refractivity (Wildman–Crippen MR) is 86.0 cm³/mol. The minimum atomic E-state index is -0.317. The molecule has 5 heteroatoms. The van der Waals surface area contributed by atoms with Crippen LogP contribution in [0.4, 0.5) is 5.69 Å². The van der Waals surface area contributed by atoms with Gasteiger partial charge in [0.25, 0.3) is 0 Å². The zero-order valence-electron chi connectivity index (χ0n) is 13.7. The number of phenolic OH excluding ortho intramolecular Hbond substituents is 1. The molecule has 0 atom stereocenters. The van der Waals surface area contributed by atoms with Crippen molar-refractivity contribution in [3.63, 3.8) is 0 Å². The van der Waals surface area contributed by atoms with Crippen molar-refractivity contribution in [1.82, 2.24) is 0 Å². The molecule has 0 aromatic heterocycles. The number of ether oxygens (including phenoxy) is 1. The molecule has 0 amide bonds. The number of benzene rings is 1. The van der Waals surface area contributed by atoms with Gasteiger partial charge in [0.2, 0.25) is 0 Å². The highest BCUT2D eigenvalue weighted by atomic mass is 16.5. The van der Waals surface area contributed by atoms with Crippen LogP contribution in [0.1, 0.15) is 62.9 Å². The van der Waals surface area contributed by atoms with Crippen LogP contribution in [-0.4, -0.2) is 23.5 Å². The molecule has 0 unspecified atom stereocenters. The molecule has 0 saturated carbocycles. The Labute approximate surface area is 131 Å². The third kappa shape index (κ3) is 4.76. The van der Waals surface area contributed by atoms with Gasteiger partial charge in [-0.05, 0) is 36.5 Å². The number of esters is 1. The summed E-state index contributed by atoms with van der Waals surface area (Å²) in [5.41, 5.74) is 6.91. The molecule has 0 heterocycles. The van der Waals surface area contributed by atoms with Crippen molar-refractivity contribution in [3.8, 4) is 5.75 Å². The van der Waals surface area contributed by atoms with Crippen molar-refractivity contribution >= 4 is 17.4 Å². The first kappa shape index (κ1) is 18.0. The average molecular weight is 307 g/mol. The molecule has 1 aromatic carbocycles. The minimum Gasteiger partial charge on any atom is -0.505 e. The second kappa shape index (κ2) is 7.29. The predicted octanol–water partition coefficient (Wildman–Crippen LogP) is 3.19. The van der Waals surface area contributed by atoms with E-state index in [-0.39, 0.29) is 47.0 Å². The van der Waals surface area contributed by atoms with Gasteiger partial charge in [0.05, 0.1) is 17.9 Å². The summed E-state index contributed by atoms with van der Waals surface area (Å²) in [5.74, 6) is -0.726. The van der Waals surface area contributed by atoms with E-state index in [1.807, 2.05) is 20.8 Å². The van der Waals surface area contributed by atoms with E-state index in [2.05, 4.69) is 0 Å². The lowest BCUT2D eigenvalue weighted by Gasteiger charge is -2.21. The fourth-order valence-electron chi connectivity index (χ4n) is 2.06. The number of rotatable bonds is 6. The zero-order valence-corrected chi connectivity index (χ0v) is 13.7. The van der Waals surface area contributed by atoms with Gasteiger partial charge in [0.15, 0.2) is 5.78 Å². The van der Waals surface area contributed by atoms with E-state index < -0.39 is 0 Å². The van der Waals surface area contributed by atoms with Gasteiger partial charge in [0.1, 0.15) is 5.75 Å². The summed E-state index contributed by atoms with van der Waals surface area (Å²) in [7, 11) is 0. The number of Topliss-reactive ketones (excluding diaryl/α,β-unsaturated/α-hetero) is 1. The first-order valence-electron chi connectivity index (χ1n) is 7.48. The molecule has 0 aliphatic carbocycles. The highest BCUT2D eigenvalue weighted by Crippen LogP contribution is 2.33. The summed E-state index contributed by atoms with van der Waals surface area (Å²) in [5, 5.41) is 10.0. The van der Waals surface area contributed by atoms with E-state index >= 15 is 0 Å². The van der Waals surface area contributed by atoms with Gasteiger partial charge in [-0.3, -0.25) is 9.59 Å². The van der Waals surface area contributed by atoms with Crippen molar-refractivity contribution in [2.45, 2.75) is 52.4 Å². The number of hydrogen-bond donors (Lipinski definition) is 2. The Kier molecular flexibility index (Phi) is 5.97. The maximum Gasteiger partial charge on any atom is 0.305 e. The molecule has 3 N–H and O–H groups in total. The standard InChI is InChI=1S/C17H25NO4/c1-5-22-15(20)8-6-7-14(19)12-9-11(17(2,3)4)10-13(18)16(12)21/h9-10,21H,5-8,18H2,1-4H3. The largest absolute Gasteiger partial charge is 0.505 e. The van der Waals surface area contributed by atoms with Gasteiger partial charge in [0, 0.05) is 12.8 Å². The third-order valence-electron chi connectivity index (χ3n) is 3.40. The fourth-order valence-corrected chi connectivity index (χ4v) is 2.06. The van der Waals surface area contributed by atoms with Gasteiger partial charge in [-0.25, -0.2) is 0 Å². The average Bonchev–Trinajstić information content (AvgIpc) is 2.40. The molecule has 0 saturated heterocycles. The Hall–Kier alpha value is -2.04. The molecular formula is C17H25NO4. The number of anilines is 1. The van der Waals surface area contributed by atoms with Crippen LogP contribution in [-0.2, 0) is 14.9 Å². The molecule has 0 bridgehead atoms. The van der Waals surface area contributed by atoms with Crippen LogP contribution >= 0.6 is 0 Å². The number of carbonyl (C=O) groups excluding carboxylic acids is 2. The minimum absolute atomic E-state index is 0.166. The summed E-state index contributed by atoms with van der Waals surface area (Å²) in [6.07, 6.45) is 0.741. The SMILES string of the molecule is CCOC(=O)CCCC(=O)c1cc(C(C)(C)C)cc(N)c1O. The van der Waals surface area contributed by atoms with E-state index in [4.69, 9.17) is 10.5 Å². The van der Waals surface area contributed by atoms with Gasteiger partial charge in [-0.1, -0.05) is 20.8 Å². The summed E-state index contributed by atoms with van der Waals surface area (Å²) >= 11 is 0. The Bertz CT molecular complexity index is 559. The van der Waals surface area contributed by atoms with E-state index in [1.165, 1.54) is 0 Å². The number of ketones is 1. The molecule has 5 nitrogen and oxygen atoms in total. The van der Waals surface area contributed by atoms with Gasteiger partial charge in [-0.2, -0.15) is 0 Å². The number of hydrogen-bond acceptors (Lipinski definition) is 5. The van der Waals surface area contributed by atoms with Crippen molar-refractivity contribution in [1.29, 1.82) is 0 Å². The number of phenols is 1. The first-order chi connectivity index (χ1) is 10.2. The molecule has 0 aliphatic heterocycles. The van der Waals surface area contributed by atoms with Crippen molar-refractivity contribution in [2.75, 3.05) is 12.3 Å². The van der Waals surface area contributed by atoms with Crippen LogP contribution in [0.5, 0.6) is 5.75 Å². The number of carbonyl (C=O) groups is 2.